The molecule has 0 bridgehead atoms. The lowest BCUT2D eigenvalue weighted by molar-refractivity contribution is 0.589. The van der Waals surface area contributed by atoms with Crippen LogP contribution in [-0.2, 0) is 29.1 Å². The van der Waals surface area contributed by atoms with Crippen LogP contribution in [0.2, 0.25) is 0 Å². The van der Waals surface area contributed by atoms with Crippen molar-refractivity contribution in [2.75, 3.05) is 9.80 Å². The van der Waals surface area contributed by atoms with E-state index in [1.807, 2.05) is 204 Å². The van der Waals surface area contributed by atoms with Crippen LogP contribution in [-0.4, -0.2) is 9.13 Å². The third-order valence-electron chi connectivity index (χ3n) is 25.5. The Labute approximate surface area is 764 Å². The average molecular weight is 1630 g/mol. The van der Waals surface area contributed by atoms with Crippen molar-refractivity contribution in [3.63, 3.8) is 0 Å². The van der Waals surface area contributed by atoms with Crippen molar-refractivity contribution in [3.8, 4) is 123 Å². The highest BCUT2D eigenvalue weighted by molar-refractivity contribution is 6.10. The first-order chi connectivity index (χ1) is 70.1. The van der Waals surface area contributed by atoms with Crippen LogP contribution in [0.15, 0.2) is 388 Å². The third kappa shape index (κ3) is 12.5. The van der Waals surface area contributed by atoms with E-state index in [1.54, 1.807) is 0 Å². The second-order valence-corrected chi connectivity index (χ2v) is 36.2. The first kappa shape index (κ1) is 55.4. The standard InChI is InChI=1S/C121H96N4/c1-119(2,3)90-68-101(84-48-30-44-80(62-84)76-34-14-10-15-35-76)117(102(69-90)85-49-31-45-81(63-85)77-36-16-11-17-37-77)124-107-74-93(122-105-56-28-26-54-97(105)113-95-52-24-22-42-88(95)66-109(113)122)58-60-99(107)115-100-61-59-94(123-106-57-29-27-55-98(106)114-96-53-25-23-43-89(96)67-110(114)123)75-108(100)125(112-73-92(121(7,8)9)72-111(124)116(112)115)118-103(86-50-32-46-82(64-86)78-38-18-12-19-39-78)70-91(120(4,5)6)71-104(118)87-51-33-47-83(65-87)79-40-20-13-21-41-79/h10-65,68-75,115H,66-67H2,1-9H3/i22D,23D,24D,25D,26D,27D,28D,29D,42D,43D,52D,53D,54D,55D,56D,57D,58D,59D,60D,61D,74D,75D. The number of rotatable bonds is 12. The smallest absolute Gasteiger partial charge is 0.0667 e. The highest BCUT2D eigenvalue weighted by atomic mass is 15.2. The number of fused-ring (bicyclic) bond motifs is 14. The monoisotopic (exact) mass is 1630 g/mol. The molecule has 2 aliphatic carbocycles. The topological polar surface area (TPSA) is 16.3 Å². The summed E-state index contributed by atoms with van der Waals surface area (Å²) in [6, 6.07) is 72.7. The van der Waals surface area contributed by atoms with Crippen LogP contribution in [0, 0.1) is 0 Å². The average Bonchev–Trinajstić information content (AvgIpc) is 1.52. The fourth-order valence-electron chi connectivity index (χ4n) is 19.3. The predicted molar refractivity (Wildman–Crippen MR) is 526 cm³/mol. The fourth-order valence-corrected chi connectivity index (χ4v) is 19.3. The van der Waals surface area contributed by atoms with Crippen LogP contribution < -0.4 is 9.80 Å². The third-order valence-corrected chi connectivity index (χ3v) is 25.5. The lowest BCUT2D eigenvalue weighted by Gasteiger charge is -2.47. The van der Waals surface area contributed by atoms with Gasteiger partial charge in [-0.2, -0.15) is 0 Å². The quantitative estimate of drug-likeness (QED) is 0.121. The summed E-state index contributed by atoms with van der Waals surface area (Å²) in [6.45, 7) is 19.1. The Morgan fingerprint density at radius 2 is 0.568 bits per heavy atom. The summed E-state index contributed by atoms with van der Waals surface area (Å²) in [5.74, 6) is -1.66. The zero-order valence-corrected chi connectivity index (χ0v) is 70.5. The first-order valence-electron chi connectivity index (χ1n) is 53.6. The Kier molecular flexibility index (Phi) is 12.9. The Bertz CT molecular complexity index is 8290. The van der Waals surface area contributed by atoms with Gasteiger partial charge in [0.1, 0.15) is 0 Å². The number of nitrogens with zero attached hydrogens (tertiary/aromatic N) is 4. The number of aromatic nitrogens is 2. The summed E-state index contributed by atoms with van der Waals surface area (Å²) in [4.78, 5) is 4.02. The molecule has 4 heterocycles. The molecule has 0 radical (unpaired) electrons. The van der Waals surface area contributed by atoms with Crippen molar-refractivity contribution in [3.05, 3.63) is 444 Å². The Hall–Kier alpha value is -14.6. The number of hydrogen-bond acceptors (Lipinski definition) is 2. The van der Waals surface area contributed by atoms with Crippen LogP contribution in [0.25, 0.3) is 144 Å². The molecule has 0 atom stereocenters. The van der Waals surface area contributed by atoms with E-state index in [4.69, 9.17) is 0 Å². The molecule has 23 rings (SSSR count). The summed E-state index contributed by atoms with van der Waals surface area (Å²) in [7, 11) is 0. The van der Waals surface area contributed by atoms with Crippen LogP contribution in [0.4, 0.5) is 34.1 Å². The van der Waals surface area contributed by atoms with E-state index in [1.165, 1.54) is 9.13 Å². The number of benzene rings is 17. The van der Waals surface area contributed by atoms with Crippen LogP contribution in [0.3, 0.4) is 0 Å². The maximum absolute atomic E-state index is 12.3. The van der Waals surface area contributed by atoms with Crippen molar-refractivity contribution in [1.29, 1.82) is 0 Å². The van der Waals surface area contributed by atoms with Crippen molar-refractivity contribution in [1.82, 2.24) is 9.13 Å². The summed E-state index contributed by atoms with van der Waals surface area (Å²) in [5.41, 5.74) is 12.6. The molecule has 0 saturated carbocycles. The maximum Gasteiger partial charge on any atom is 0.0667 e. The van der Waals surface area contributed by atoms with Gasteiger partial charge in [0.15, 0.2) is 0 Å². The molecule has 2 aromatic heterocycles. The molecule has 4 heteroatoms. The van der Waals surface area contributed by atoms with E-state index in [9.17, 15) is 30.2 Å². The Morgan fingerprint density at radius 1 is 0.272 bits per heavy atom. The minimum atomic E-state index is -1.66. The molecule has 19 aromatic rings. The van der Waals surface area contributed by atoms with Gasteiger partial charge in [0.2, 0.25) is 0 Å². The van der Waals surface area contributed by atoms with E-state index in [0.717, 1.165) is 55.6 Å². The highest BCUT2D eigenvalue weighted by Gasteiger charge is 2.46. The zero-order chi connectivity index (χ0) is 103. The van der Waals surface area contributed by atoms with Crippen molar-refractivity contribution >= 4 is 55.9 Å². The first-order valence-corrected chi connectivity index (χ1v) is 42.6. The summed E-state index contributed by atoms with van der Waals surface area (Å²) in [5, 5.41) is -0.331. The fraction of sp³-hybridized carbons (Fsp3) is 0.124. The molecule has 4 nitrogen and oxygen atoms in total. The van der Waals surface area contributed by atoms with Gasteiger partial charge in [-0.15, -0.1) is 0 Å². The molecular weight excluding hydrogens is 1510 g/mol. The molecule has 2 aliphatic heterocycles. The van der Waals surface area contributed by atoms with E-state index < -0.39 is 166 Å². The van der Waals surface area contributed by atoms with E-state index in [-0.39, 0.29) is 102 Å². The molecule has 125 heavy (non-hydrogen) atoms. The van der Waals surface area contributed by atoms with Gasteiger partial charge < -0.3 is 18.9 Å². The molecule has 0 amide bonds. The normalized spacial score (nSPS) is 15.7. The largest absolute Gasteiger partial charge is 0.313 e. The number of para-hydroxylation sites is 2. The minimum absolute atomic E-state index is 0.0144. The predicted octanol–water partition coefficient (Wildman–Crippen LogP) is 32.7. The molecule has 0 saturated heterocycles. The summed E-state index contributed by atoms with van der Waals surface area (Å²) in [6.07, 6.45) is -0.722. The zero-order valence-electron chi connectivity index (χ0n) is 92.5. The van der Waals surface area contributed by atoms with Crippen molar-refractivity contribution in [2.45, 2.75) is 97.3 Å². The van der Waals surface area contributed by atoms with Gasteiger partial charge in [0.25, 0.3) is 0 Å². The van der Waals surface area contributed by atoms with Gasteiger partial charge in [-0.25, -0.2) is 0 Å². The SMILES string of the molecule is [2H]c1c([2H])c([2H])c2c(c1[2H])Cc1c-2c2c([2H])c([2H])c([2H])c([2H])c2n1-c1c([2H])c([2H])c2c(c1[2H])N(c1c(-c3cccc(-c4ccccc4)c3)cc(C(C)(C)C)cc1-c1cccc(-c3ccccc3)c1)c1cc(C(C)(C)C)cc3c1C2c1c([2H])c([2H])c(-n2c4c(c5c([2H])c([2H])c([2H])c([2H])c52)-c2c([2H])c([2H])c([2H])c([2H])c2C4)c([2H])c1N3c1c(-c2cccc(-c3ccccc3)c2)cc(C(C)(C)C)cc1-c1cccc(-c2ccccc2)c1. The van der Waals surface area contributed by atoms with E-state index in [2.05, 4.69) is 123 Å². The Balaban J connectivity index is 0.968. The molecular formula is C121H96N4. The highest BCUT2D eigenvalue weighted by Crippen LogP contribution is 2.66. The number of hydrogen-bond donors (Lipinski definition) is 0. The van der Waals surface area contributed by atoms with Crippen LogP contribution >= 0.6 is 0 Å². The van der Waals surface area contributed by atoms with Crippen molar-refractivity contribution < 1.29 is 30.2 Å². The van der Waals surface area contributed by atoms with E-state index >= 15 is 0 Å². The second kappa shape index (κ2) is 29.0. The summed E-state index contributed by atoms with van der Waals surface area (Å²) < 4.78 is 229. The lowest BCUT2D eigenvalue weighted by Crippen LogP contribution is -2.31. The van der Waals surface area contributed by atoms with Gasteiger partial charge in [-0.1, -0.05) is 353 Å². The number of anilines is 6. The molecule has 0 fully saturated rings. The van der Waals surface area contributed by atoms with E-state index in [0.29, 0.717) is 78.4 Å². The van der Waals surface area contributed by atoms with Gasteiger partial charge in [0.05, 0.1) is 75.3 Å². The van der Waals surface area contributed by atoms with Gasteiger partial charge in [-0.05, 0) is 230 Å². The second-order valence-electron chi connectivity index (χ2n) is 36.2. The molecule has 0 unspecified atom stereocenters. The lowest BCUT2D eigenvalue weighted by atomic mass is 9.72. The van der Waals surface area contributed by atoms with Gasteiger partial charge >= 0.3 is 0 Å². The van der Waals surface area contributed by atoms with Crippen molar-refractivity contribution in [2.24, 2.45) is 0 Å². The molecule has 0 N–H and O–H groups in total. The summed E-state index contributed by atoms with van der Waals surface area (Å²) >= 11 is 0. The van der Waals surface area contributed by atoms with Crippen LogP contribution in [0.1, 0.15) is 154 Å². The molecule has 4 aliphatic rings. The Morgan fingerprint density at radius 3 is 0.904 bits per heavy atom. The van der Waals surface area contributed by atoms with Gasteiger partial charge in [0, 0.05) is 91.2 Å². The molecule has 17 aromatic carbocycles. The molecule has 0 spiro atoms. The van der Waals surface area contributed by atoms with Gasteiger partial charge in [-0.3, -0.25) is 0 Å². The maximum atomic E-state index is 12.3. The van der Waals surface area contributed by atoms with Crippen LogP contribution in [0.5, 0.6) is 0 Å². The minimum Gasteiger partial charge on any atom is -0.313 e. The molecule has 600 valence electrons.